The van der Waals surface area contributed by atoms with Crippen molar-refractivity contribution in [2.24, 2.45) is 0 Å². The Kier molecular flexibility index (Phi) is 71.8. The number of rotatable bonds is 75. The monoisotopic (exact) mass is 1470 g/mol. The normalized spacial score (nSPS) is 14.5. The minimum atomic E-state index is -4.99. The van der Waals surface area contributed by atoms with E-state index in [1.54, 1.807) is 0 Å². The number of allylic oxidation sites excluding steroid dienone is 18. The molecule has 0 amide bonds. The van der Waals surface area contributed by atoms with Crippen LogP contribution < -0.4 is 0 Å². The molecule has 19 heteroatoms. The Morgan fingerprint density at radius 2 is 0.529 bits per heavy atom. The molecule has 588 valence electrons. The molecule has 0 saturated heterocycles. The van der Waals surface area contributed by atoms with E-state index in [0.717, 1.165) is 173 Å². The first-order valence-corrected chi connectivity index (χ1v) is 43.1. The fraction of sp³-hybridized carbons (Fsp3) is 0.735. The molecule has 0 saturated carbocycles. The Morgan fingerprint density at radius 3 is 0.853 bits per heavy atom. The van der Waals surface area contributed by atoms with Crippen LogP contribution in [0.4, 0.5) is 0 Å². The number of unbranched alkanes of at least 4 members (excludes halogenated alkanes) is 31. The van der Waals surface area contributed by atoms with Crippen molar-refractivity contribution < 1.29 is 80.2 Å². The van der Waals surface area contributed by atoms with Crippen molar-refractivity contribution >= 4 is 39.5 Å². The lowest BCUT2D eigenvalue weighted by Gasteiger charge is -2.21. The molecule has 0 rings (SSSR count). The third-order valence-corrected chi connectivity index (χ3v) is 18.6. The highest BCUT2D eigenvalue weighted by atomic mass is 31.2. The third-order valence-electron chi connectivity index (χ3n) is 16.7. The van der Waals surface area contributed by atoms with Crippen molar-refractivity contribution in [1.82, 2.24) is 0 Å². The first-order valence-electron chi connectivity index (χ1n) is 40.1. The SMILES string of the molecule is CC/C=C\C/C=C\C/C=C\C/C=C\C/C=C\CCCCCC(=O)OCC(COP(=O)(O)OCC(O)COP(=O)(O)OCC(COC(=O)CCCCCCC/C=C\C/C=C\CCCCC)OC(=O)CCCCCCCCCCCCCCCCC)OC(=O)CCCCCCC/C=C\C/C=C\CCC. The Morgan fingerprint density at radius 1 is 0.284 bits per heavy atom. The average Bonchev–Trinajstić information content (AvgIpc) is 0.908. The first-order chi connectivity index (χ1) is 49.7. The highest BCUT2D eigenvalue weighted by molar-refractivity contribution is 7.47. The minimum absolute atomic E-state index is 0.0697. The Bertz CT molecular complexity index is 2360. The highest BCUT2D eigenvalue weighted by Gasteiger charge is 2.30. The summed E-state index contributed by atoms with van der Waals surface area (Å²) in [5, 5.41) is 10.6. The lowest BCUT2D eigenvalue weighted by molar-refractivity contribution is -0.161. The second kappa shape index (κ2) is 75.0. The van der Waals surface area contributed by atoms with E-state index in [0.29, 0.717) is 25.7 Å². The standard InChI is InChI=1S/C83H144O17P2/c1-5-9-13-17-21-25-29-33-36-37-38-39-42-45-48-52-56-60-64-68-81(86)94-73-78(99-82(87)69-65-61-57-53-49-43-32-28-24-20-16-12-8-4)75-97-101(89,90)95-71-77(84)72-96-102(91,92)98-76-79(100-83(88)70-66-62-58-54-50-46-41-35-31-27-23-19-15-11-7-3)74-93-80(85)67-63-59-55-51-47-44-40-34-30-26-22-18-14-10-6-2/h9,13,16,20-22,25-26,28,32-34,36,38-40,45,48,77-79,84H,5-8,10-12,14-15,17-19,23-24,27,29-31,35,37,41-44,46-47,49-76H2,1-4H3,(H,89,90)(H,91,92)/b13-9-,20-16-,25-21-,26-22-,32-28-,36-33-,39-38-,40-34-,48-45-. The van der Waals surface area contributed by atoms with Crippen molar-refractivity contribution in [3.8, 4) is 0 Å². The molecule has 0 aromatic heterocycles. The summed E-state index contributed by atoms with van der Waals surface area (Å²) in [6, 6.07) is 0. The fourth-order valence-corrected chi connectivity index (χ4v) is 12.2. The van der Waals surface area contributed by atoms with Crippen LogP contribution in [-0.4, -0.2) is 96.7 Å². The van der Waals surface area contributed by atoms with Gasteiger partial charge in [0.05, 0.1) is 26.4 Å². The van der Waals surface area contributed by atoms with E-state index in [-0.39, 0.29) is 25.7 Å². The maximum absolute atomic E-state index is 13.1. The van der Waals surface area contributed by atoms with Gasteiger partial charge in [-0.05, 0) is 128 Å². The number of aliphatic hydroxyl groups excluding tert-OH is 1. The minimum Gasteiger partial charge on any atom is -0.462 e. The van der Waals surface area contributed by atoms with Crippen LogP contribution in [0.1, 0.15) is 336 Å². The van der Waals surface area contributed by atoms with E-state index < -0.39 is 97.5 Å². The smallest absolute Gasteiger partial charge is 0.462 e. The van der Waals surface area contributed by atoms with Gasteiger partial charge in [-0.25, -0.2) is 9.13 Å². The predicted octanol–water partition coefficient (Wildman–Crippen LogP) is 23.3. The second-order valence-electron chi connectivity index (χ2n) is 26.6. The van der Waals surface area contributed by atoms with Gasteiger partial charge in [0, 0.05) is 25.7 Å². The molecule has 3 N–H and O–H groups in total. The largest absolute Gasteiger partial charge is 0.472 e. The van der Waals surface area contributed by atoms with Gasteiger partial charge in [0.25, 0.3) is 0 Å². The average molecular weight is 1480 g/mol. The van der Waals surface area contributed by atoms with Crippen LogP contribution in [0, 0.1) is 0 Å². The summed E-state index contributed by atoms with van der Waals surface area (Å²) in [5.74, 6) is -2.23. The fourth-order valence-electron chi connectivity index (χ4n) is 10.6. The summed E-state index contributed by atoms with van der Waals surface area (Å²) in [4.78, 5) is 73.0. The summed E-state index contributed by atoms with van der Waals surface area (Å²) >= 11 is 0. The molecule has 0 aliphatic heterocycles. The maximum atomic E-state index is 13.1. The number of aliphatic hydroxyl groups is 1. The van der Waals surface area contributed by atoms with Crippen LogP contribution in [0.3, 0.4) is 0 Å². The number of esters is 4. The van der Waals surface area contributed by atoms with Crippen molar-refractivity contribution in [3.05, 3.63) is 109 Å². The summed E-state index contributed by atoms with van der Waals surface area (Å²) in [6.45, 7) is 4.64. The molecule has 0 radical (unpaired) electrons. The Labute approximate surface area is 619 Å². The zero-order chi connectivity index (χ0) is 74.6. The molecule has 102 heavy (non-hydrogen) atoms. The topological polar surface area (TPSA) is 237 Å². The zero-order valence-electron chi connectivity index (χ0n) is 64.3. The molecule has 5 atom stereocenters. The van der Waals surface area contributed by atoms with E-state index in [9.17, 15) is 43.2 Å². The summed E-state index contributed by atoms with van der Waals surface area (Å²) in [7, 11) is -9.97. The van der Waals surface area contributed by atoms with E-state index >= 15 is 0 Å². The number of hydrogen-bond acceptors (Lipinski definition) is 15. The van der Waals surface area contributed by atoms with Gasteiger partial charge in [-0.1, -0.05) is 291 Å². The van der Waals surface area contributed by atoms with Gasteiger partial charge >= 0.3 is 39.5 Å². The number of carbonyl (C=O) groups excluding carboxylic acids is 4. The van der Waals surface area contributed by atoms with Crippen LogP contribution >= 0.6 is 15.6 Å². The van der Waals surface area contributed by atoms with Gasteiger partial charge < -0.3 is 33.8 Å². The molecule has 5 unspecified atom stereocenters. The predicted molar refractivity (Wildman–Crippen MR) is 418 cm³/mol. The maximum Gasteiger partial charge on any atom is 0.472 e. The van der Waals surface area contributed by atoms with E-state index in [4.69, 9.17) is 37.0 Å². The van der Waals surface area contributed by atoms with E-state index in [2.05, 4.69) is 137 Å². The van der Waals surface area contributed by atoms with Crippen LogP contribution in [0.2, 0.25) is 0 Å². The molecule has 0 aromatic rings. The number of phosphoric acid groups is 2. The molecular formula is C83H144O17P2. The van der Waals surface area contributed by atoms with Gasteiger partial charge in [0.2, 0.25) is 0 Å². The van der Waals surface area contributed by atoms with Crippen molar-refractivity contribution in [2.75, 3.05) is 39.6 Å². The molecule has 0 aliphatic rings. The molecule has 0 aromatic carbocycles. The Hall–Kier alpha value is -4.28. The van der Waals surface area contributed by atoms with E-state index in [1.807, 2.05) is 0 Å². The van der Waals surface area contributed by atoms with Gasteiger partial charge in [-0.15, -0.1) is 0 Å². The number of phosphoric ester groups is 2. The quantitative estimate of drug-likeness (QED) is 0.0169. The molecule has 0 fully saturated rings. The van der Waals surface area contributed by atoms with Crippen LogP contribution in [-0.2, 0) is 65.4 Å². The molecule has 0 bridgehead atoms. The van der Waals surface area contributed by atoms with Crippen LogP contribution in [0.15, 0.2) is 109 Å². The van der Waals surface area contributed by atoms with Crippen molar-refractivity contribution in [1.29, 1.82) is 0 Å². The molecular weight excluding hydrogens is 1330 g/mol. The molecule has 17 nitrogen and oxygen atoms in total. The third kappa shape index (κ3) is 74.0. The lowest BCUT2D eigenvalue weighted by Crippen LogP contribution is -2.30. The van der Waals surface area contributed by atoms with Crippen molar-refractivity contribution in [3.63, 3.8) is 0 Å². The van der Waals surface area contributed by atoms with Gasteiger partial charge in [-0.3, -0.25) is 37.3 Å². The summed E-state index contributed by atoms with van der Waals surface area (Å²) in [5.41, 5.74) is 0. The second-order valence-corrected chi connectivity index (χ2v) is 29.5. The van der Waals surface area contributed by atoms with E-state index in [1.165, 1.54) is 83.5 Å². The highest BCUT2D eigenvalue weighted by Crippen LogP contribution is 2.45. The van der Waals surface area contributed by atoms with Crippen molar-refractivity contribution in [2.45, 2.75) is 354 Å². The lowest BCUT2D eigenvalue weighted by atomic mass is 10.0. The summed E-state index contributed by atoms with van der Waals surface area (Å²) in [6.07, 6.45) is 80.6. The van der Waals surface area contributed by atoms with Crippen LogP contribution in [0.25, 0.3) is 0 Å². The van der Waals surface area contributed by atoms with Crippen LogP contribution in [0.5, 0.6) is 0 Å². The first kappa shape index (κ1) is 97.7. The van der Waals surface area contributed by atoms with Gasteiger partial charge in [0.1, 0.15) is 19.3 Å². The molecule has 0 aliphatic carbocycles. The Balaban J connectivity index is 5.38. The summed E-state index contributed by atoms with van der Waals surface area (Å²) < 4.78 is 68.6. The molecule has 0 spiro atoms. The van der Waals surface area contributed by atoms with Gasteiger partial charge in [-0.2, -0.15) is 0 Å². The number of hydrogen-bond donors (Lipinski definition) is 3. The number of ether oxygens (including phenoxy) is 4. The number of carbonyl (C=O) groups is 4. The zero-order valence-corrected chi connectivity index (χ0v) is 66.0. The molecule has 0 heterocycles. The van der Waals surface area contributed by atoms with Gasteiger partial charge in [0.15, 0.2) is 12.2 Å².